The molecule has 0 spiro atoms. The number of hydrogen-bond donors (Lipinski definition) is 1. The predicted molar refractivity (Wildman–Crippen MR) is 91.7 cm³/mol. The fourth-order valence-corrected chi connectivity index (χ4v) is 2.98. The van der Waals surface area contributed by atoms with Crippen molar-refractivity contribution in [3.05, 3.63) is 34.9 Å². The van der Waals surface area contributed by atoms with Gasteiger partial charge in [0.25, 0.3) is 5.91 Å². The van der Waals surface area contributed by atoms with Crippen molar-refractivity contribution in [3.63, 3.8) is 0 Å². The highest BCUT2D eigenvalue weighted by Crippen LogP contribution is 2.16. The lowest BCUT2D eigenvalue weighted by atomic mass is 10.0. The van der Waals surface area contributed by atoms with E-state index in [9.17, 15) is 4.79 Å². The summed E-state index contributed by atoms with van der Waals surface area (Å²) in [6.45, 7) is 4.39. The van der Waals surface area contributed by atoms with Crippen molar-refractivity contribution in [1.82, 2.24) is 4.90 Å². The molecule has 0 fully saturated rings. The molecule has 0 aliphatic heterocycles. The van der Waals surface area contributed by atoms with E-state index in [1.807, 2.05) is 37.1 Å². The van der Waals surface area contributed by atoms with Crippen LogP contribution in [0.5, 0.6) is 0 Å². The number of amides is 1. The van der Waals surface area contributed by atoms with Crippen LogP contribution in [-0.2, 0) is 0 Å². The molecule has 114 valence electrons. The molecule has 0 aliphatic carbocycles. The first-order chi connectivity index (χ1) is 10.0. The predicted octanol–water partition coefficient (Wildman–Crippen LogP) is 2.52. The Kier molecular flexibility index (Phi) is 7.35. The second kappa shape index (κ2) is 8.76. The Labute approximate surface area is 132 Å². The highest BCUT2D eigenvalue weighted by Gasteiger charge is 2.20. The SMILES string of the molecule is CCC(CSC)N(C)C(=O)c1cc(C#CCN)ccc1C. The second-order valence-corrected chi connectivity index (χ2v) is 5.88. The maximum absolute atomic E-state index is 12.7. The van der Waals surface area contributed by atoms with Crippen LogP contribution in [0.25, 0.3) is 0 Å². The molecule has 0 saturated heterocycles. The van der Waals surface area contributed by atoms with Crippen LogP contribution < -0.4 is 5.73 Å². The molecule has 21 heavy (non-hydrogen) atoms. The molecule has 2 N–H and O–H groups in total. The van der Waals surface area contributed by atoms with Crippen LogP contribution in [-0.4, -0.2) is 42.4 Å². The minimum Gasteiger partial charge on any atom is -0.338 e. The van der Waals surface area contributed by atoms with Crippen molar-refractivity contribution in [2.75, 3.05) is 25.6 Å². The van der Waals surface area contributed by atoms with Gasteiger partial charge in [-0.1, -0.05) is 24.8 Å². The summed E-state index contributed by atoms with van der Waals surface area (Å²) in [5.74, 6) is 6.82. The van der Waals surface area contributed by atoms with E-state index < -0.39 is 0 Å². The summed E-state index contributed by atoms with van der Waals surface area (Å²) in [5.41, 5.74) is 7.93. The Balaban J connectivity index is 3.05. The molecule has 1 amide bonds. The van der Waals surface area contributed by atoms with Gasteiger partial charge in [0.05, 0.1) is 6.54 Å². The smallest absolute Gasteiger partial charge is 0.254 e. The summed E-state index contributed by atoms with van der Waals surface area (Å²) < 4.78 is 0. The van der Waals surface area contributed by atoms with Crippen molar-refractivity contribution >= 4 is 17.7 Å². The number of benzene rings is 1. The first-order valence-electron chi connectivity index (χ1n) is 7.10. The lowest BCUT2D eigenvalue weighted by Crippen LogP contribution is -2.38. The highest BCUT2D eigenvalue weighted by atomic mass is 32.2. The summed E-state index contributed by atoms with van der Waals surface area (Å²) in [6, 6.07) is 5.99. The van der Waals surface area contributed by atoms with Gasteiger partial charge in [-0.2, -0.15) is 11.8 Å². The Morgan fingerprint density at radius 1 is 1.48 bits per heavy atom. The fourth-order valence-electron chi connectivity index (χ4n) is 2.13. The molecular formula is C17H24N2OS. The molecule has 0 aromatic heterocycles. The number of carbonyl (C=O) groups is 1. The van der Waals surface area contributed by atoms with E-state index >= 15 is 0 Å². The molecule has 1 aromatic rings. The minimum atomic E-state index is 0.0600. The van der Waals surface area contributed by atoms with Gasteiger partial charge >= 0.3 is 0 Å². The van der Waals surface area contributed by atoms with E-state index in [1.165, 1.54) is 0 Å². The maximum Gasteiger partial charge on any atom is 0.254 e. The van der Waals surface area contributed by atoms with Crippen molar-refractivity contribution in [2.45, 2.75) is 26.3 Å². The molecular weight excluding hydrogens is 280 g/mol. The quantitative estimate of drug-likeness (QED) is 0.850. The van der Waals surface area contributed by atoms with Gasteiger partial charge in [-0.25, -0.2) is 0 Å². The number of nitrogens with zero attached hydrogens (tertiary/aromatic N) is 1. The van der Waals surface area contributed by atoms with Crippen LogP contribution in [0.2, 0.25) is 0 Å². The monoisotopic (exact) mass is 304 g/mol. The van der Waals surface area contributed by atoms with Crippen LogP contribution in [0.4, 0.5) is 0 Å². The van der Waals surface area contributed by atoms with E-state index in [0.29, 0.717) is 6.54 Å². The van der Waals surface area contributed by atoms with Gasteiger partial charge < -0.3 is 10.6 Å². The average molecular weight is 304 g/mol. The maximum atomic E-state index is 12.7. The molecule has 4 heteroatoms. The minimum absolute atomic E-state index is 0.0600. The fraction of sp³-hybridized carbons (Fsp3) is 0.471. The summed E-state index contributed by atoms with van der Waals surface area (Å²) in [6.07, 6.45) is 3.02. The van der Waals surface area contributed by atoms with E-state index in [2.05, 4.69) is 25.0 Å². The van der Waals surface area contributed by atoms with Crippen molar-refractivity contribution in [1.29, 1.82) is 0 Å². The molecule has 0 heterocycles. The number of carbonyl (C=O) groups excluding carboxylic acids is 1. The summed E-state index contributed by atoms with van der Waals surface area (Å²) in [7, 11) is 1.88. The second-order valence-electron chi connectivity index (χ2n) is 4.97. The first-order valence-corrected chi connectivity index (χ1v) is 8.50. The van der Waals surface area contributed by atoms with Crippen LogP contribution in [0.3, 0.4) is 0 Å². The Morgan fingerprint density at radius 3 is 2.76 bits per heavy atom. The molecule has 0 saturated carbocycles. The van der Waals surface area contributed by atoms with E-state index in [1.54, 1.807) is 11.8 Å². The van der Waals surface area contributed by atoms with E-state index in [0.717, 1.165) is 28.9 Å². The zero-order chi connectivity index (χ0) is 15.8. The van der Waals surface area contributed by atoms with Crippen molar-refractivity contribution in [3.8, 4) is 11.8 Å². The lowest BCUT2D eigenvalue weighted by Gasteiger charge is -2.27. The summed E-state index contributed by atoms with van der Waals surface area (Å²) in [5, 5.41) is 0. The normalized spacial score (nSPS) is 11.5. The molecule has 0 aliphatic rings. The van der Waals surface area contributed by atoms with Crippen LogP contribution in [0.15, 0.2) is 18.2 Å². The molecule has 0 radical (unpaired) electrons. The third-order valence-electron chi connectivity index (χ3n) is 3.50. The van der Waals surface area contributed by atoms with Gasteiger partial charge in [-0.05, 0) is 37.3 Å². The number of aryl methyl sites for hydroxylation is 1. The van der Waals surface area contributed by atoms with Crippen LogP contribution in [0.1, 0.15) is 34.8 Å². The summed E-state index contributed by atoms with van der Waals surface area (Å²) >= 11 is 1.76. The van der Waals surface area contributed by atoms with Crippen LogP contribution in [0, 0.1) is 18.8 Å². The molecule has 1 atom stereocenters. The van der Waals surface area contributed by atoms with Gasteiger partial charge in [-0.15, -0.1) is 0 Å². The number of thioether (sulfide) groups is 1. The number of hydrogen-bond acceptors (Lipinski definition) is 3. The van der Waals surface area contributed by atoms with Gasteiger partial charge in [-0.3, -0.25) is 4.79 Å². The van der Waals surface area contributed by atoms with Gasteiger partial charge in [0.2, 0.25) is 0 Å². The number of nitrogens with two attached hydrogens (primary N) is 1. The topological polar surface area (TPSA) is 46.3 Å². The lowest BCUT2D eigenvalue weighted by molar-refractivity contribution is 0.0743. The molecule has 1 rings (SSSR count). The third-order valence-corrected chi connectivity index (χ3v) is 4.22. The molecule has 0 bridgehead atoms. The third kappa shape index (κ3) is 4.80. The molecule has 1 aromatic carbocycles. The molecule has 1 unspecified atom stereocenters. The molecule has 3 nitrogen and oxygen atoms in total. The van der Waals surface area contributed by atoms with E-state index in [-0.39, 0.29) is 11.9 Å². The van der Waals surface area contributed by atoms with Gasteiger partial charge in [0.15, 0.2) is 0 Å². The van der Waals surface area contributed by atoms with E-state index in [4.69, 9.17) is 5.73 Å². The van der Waals surface area contributed by atoms with Gasteiger partial charge in [0, 0.05) is 30.0 Å². The highest BCUT2D eigenvalue weighted by molar-refractivity contribution is 7.98. The first kappa shape index (κ1) is 17.6. The largest absolute Gasteiger partial charge is 0.338 e. The van der Waals surface area contributed by atoms with Crippen LogP contribution >= 0.6 is 11.8 Å². The Hall–Kier alpha value is -1.44. The van der Waals surface area contributed by atoms with Crippen molar-refractivity contribution in [2.24, 2.45) is 5.73 Å². The average Bonchev–Trinajstić information content (AvgIpc) is 2.50. The van der Waals surface area contributed by atoms with Gasteiger partial charge in [0.1, 0.15) is 0 Å². The zero-order valence-corrected chi connectivity index (χ0v) is 14.1. The zero-order valence-electron chi connectivity index (χ0n) is 13.3. The summed E-state index contributed by atoms with van der Waals surface area (Å²) in [4.78, 5) is 14.6. The number of rotatable bonds is 5. The Bertz CT molecular complexity index is 545. The Morgan fingerprint density at radius 2 is 2.19 bits per heavy atom. The standard InChI is InChI=1S/C17H24N2OS/c1-5-15(12-21-4)19(3)17(20)16-11-14(7-6-10-18)9-8-13(16)2/h8-9,11,15H,5,10,12,18H2,1-4H3. The van der Waals surface area contributed by atoms with Crippen molar-refractivity contribution < 1.29 is 4.79 Å².